The first-order chi connectivity index (χ1) is 18.9. The molecule has 0 atom stereocenters. The summed E-state index contributed by atoms with van der Waals surface area (Å²) in [5, 5.41) is 10.7. The number of aromatic nitrogens is 1. The summed E-state index contributed by atoms with van der Waals surface area (Å²) in [6, 6.07) is 8.34. The number of hydrogen-bond donors (Lipinski definition) is 3. The fourth-order valence-electron chi connectivity index (χ4n) is 3.19. The number of aliphatic carboxylic acids is 1. The van der Waals surface area contributed by atoms with Crippen LogP contribution in [0.15, 0.2) is 42.7 Å². The normalized spacial score (nSPS) is 11.9. The molecule has 2 rings (SSSR count). The van der Waals surface area contributed by atoms with Crippen molar-refractivity contribution in [3.63, 3.8) is 0 Å². The van der Waals surface area contributed by atoms with Crippen molar-refractivity contribution in [3.05, 3.63) is 53.3 Å². The van der Waals surface area contributed by atoms with Gasteiger partial charge in [-0.1, -0.05) is 18.5 Å². The summed E-state index contributed by atoms with van der Waals surface area (Å²) in [6.45, 7) is 10.1. The van der Waals surface area contributed by atoms with Crippen LogP contribution in [-0.2, 0) is 14.8 Å². The van der Waals surface area contributed by atoms with E-state index in [2.05, 4.69) is 15.0 Å². The molecule has 0 bridgehead atoms. The van der Waals surface area contributed by atoms with E-state index in [9.17, 15) is 26.4 Å². The predicted octanol–water partition coefficient (Wildman–Crippen LogP) is 4.82. The average molecular weight is 625 g/mol. The molecule has 230 valence electrons. The minimum atomic E-state index is -5.08. The quantitative estimate of drug-likeness (QED) is 0.270. The maximum absolute atomic E-state index is 13.4. The number of halogens is 4. The maximum Gasteiger partial charge on any atom is 0.490 e. The van der Waals surface area contributed by atoms with Crippen LogP contribution in [-0.4, -0.2) is 78.5 Å². The largest absolute Gasteiger partial charge is 0.492 e. The molecule has 0 unspecified atom stereocenters. The van der Waals surface area contributed by atoms with Gasteiger partial charge in [-0.05, 0) is 64.4 Å². The van der Waals surface area contributed by atoms with Gasteiger partial charge in [0, 0.05) is 54.3 Å². The molecule has 2 aromatic rings. The van der Waals surface area contributed by atoms with Crippen molar-refractivity contribution in [2.24, 2.45) is 0 Å². The Balaban J connectivity index is 0.00000106. The molecule has 1 amide bonds. The number of carboxylic acid groups (broad SMARTS) is 1. The Bertz CT molecular complexity index is 1250. The predicted molar refractivity (Wildman–Crippen MR) is 151 cm³/mol. The van der Waals surface area contributed by atoms with Gasteiger partial charge < -0.3 is 20.1 Å². The van der Waals surface area contributed by atoms with Gasteiger partial charge in [0.1, 0.15) is 12.4 Å². The van der Waals surface area contributed by atoms with Crippen LogP contribution in [0.5, 0.6) is 5.75 Å². The summed E-state index contributed by atoms with van der Waals surface area (Å²) >= 11 is 6.27. The number of pyridine rings is 1. The molecule has 3 N–H and O–H groups in total. The molecule has 1 heterocycles. The summed E-state index contributed by atoms with van der Waals surface area (Å²) in [7, 11) is -3.63. The lowest BCUT2D eigenvalue weighted by atomic mass is 10.1. The van der Waals surface area contributed by atoms with Gasteiger partial charge in [-0.25, -0.2) is 17.9 Å². The zero-order valence-corrected chi connectivity index (χ0v) is 25.0. The van der Waals surface area contributed by atoms with Crippen LogP contribution < -0.4 is 14.8 Å². The molecule has 0 saturated carbocycles. The first-order valence-corrected chi connectivity index (χ1v) is 14.4. The van der Waals surface area contributed by atoms with Crippen LogP contribution in [0.4, 0.5) is 18.9 Å². The van der Waals surface area contributed by atoms with Crippen molar-refractivity contribution < 1.29 is 41.0 Å². The van der Waals surface area contributed by atoms with E-state index in [-0.39, 0.29) is 18.5 Å². The molecule has 1 aromatic carbocycles. The molecular weight excluding hydrogens is 589 g/mol. The fourth-order valence-corrected chi connectivity index (χ4v) is 4.58. The van der Waals surface area contributed by atoms with Crippen LogP contribution in [0.2, 0.25) is 5.02 Å². The van der Waals surface area contributed by atoms with Gasteiger partial charge in [-0.2, -0.15) is 13.2 Å². The second-order valence-corrected chi connectivity index (χ2v) is 12.5. The molecule has 0 aliphatic rings. The molecule has 0 aliphatic carbocycles. The lowest BCUT2D eigenvalue weighted by Crippen LogP contribution is -2.52. The van der Waals surface area contributed by atoms with Gasteiger partial charge in [0.2, 0.25) is 10.0 Å². The zero-order valence-electron chi connectivity index (χ0n) is 23.5. The van der Waals surface area contributed by atoms with E-state index < -0.39 is 26.9 Å². The Morgan fingerprint density at radius 3 is 2.22 bits per heavy atom. The van der Waals surface area contributed by atoms with E-state index >= 15 is 0 Å². The Morgan fingerprint density at radius 2 is 1.71 bits per heavy atom. The highest BCUT2D eigenvalue weighted by Crippen LogP contribution is 2.25. The number of nitrogens with one attached hydrogen (secondary N) is 2. The number of nitrogens with zero attached hydrogens (tertiary/aromatic N) is 2. The van der Waals surface area contributed by atoms with E-state index in [0.717, 1.165) is 5.69 Å². The van der Waals surface area contributed by atoms with Gasteiger partial charge in [-0.3, -0.25) is 9.78 Å². The Hall–Kier alpha value is -3.10. The van der Waals surface area contributed by atoms with Crippen molar-refractivity contribution in [2.45, 2.75) is 58.0 Å². The molecular formula is C26H36ClF3N4O6S. The SMILES string of the molecule is CCCNS(=O)(=O)C(C)(C)CN(C(=O)c1cc(Cl)cc(OCCNc2ccncc2)c1)C(C)C.O=C(O)C(F)(F)F. The van der Waals surface area contributed by atoms with Gasteiger partial charge in [0.25, 0.3) is 5.91 Å². The van der Waals surface area contributed by atoms with E-state index in [4.69, 9.17) is 26.2 Å². The third-order valence-corrected chi connectivity index (χ3v) is 7.83. The lowest BCUT2D eigenvalue weighted by molar-refractivity contribution is -0.192. The second-order valence-electron chi connectivity index (χ2n) is 9.67. The van der Waals surface area contributed by atoms with Gasteiger partial charge in [-0.15, -0.1) is 0 Å². The molecule has 1 aromatic heterocycles. The highest BCUT2D eigenvalue weighted by Gasteiger charge is 2.39. The van der Waals surface area contributed by atoms with Crippen LogP contribution in [0.1, 0.15) is 51.4 Å². The van der Waals surface area contributed by atoms with Crippen LogP contribution >= 0.6 is 11.6 Å². The first-order valence-electron chi connectivity index (χ1n) is 12.6. The average Bonchev–Trinajstić information content (AvgIpc) is 2.88. The summed E-state index contributed by atoms with van der Waals surface area (Å²) in [5.74, 6) is -2.60. The number of sulfonamides is 1. The Labute approximate surface area is 243 Å². The minimum Gasteiger partial charge on any atom is -0.492 e. The zero-order chi connectivity index (χ0) is 31.4. The van der Waals surface area contributed by atoms with Gasteiger partial charge >= 0.3 is 12.1 Å². The van der Waals surface area contributed by atoms with E-state index in [1.165, 1.54) is 0 Å². The van der Waals surface area contributed by atoms with Gasteiger partial charge in [0.15, 0.2) is 0 Å². The smallest absolute Gasteiger partial charge is 0.490 e. The monoisotopic (exact) mass is 624 g/mol. The number of alkyl halides is 3. The van der Waals surface area contributed by atoms with Crippen LogP contribution in [0.25, 0.3) is 0 Å². The third kappa shape index (κ3) is 12.1. The third-order valence-electron chi connectivity index (χ3n) is 5.45. The molecule has 15 heteroatoms. The van der Waals surface area contributed by atoms with Crippen LogP contribution in [0.3, 0.4) is 0 Å². The summed E-state index contributed by atoms with van der Waals surface area (Å²) in [6.07, 6.45) is -0.999. The number of hydrogen-bond acceptors (Lipinski definition) is 7. The number of benzene rings is 1. The molecule has 0 radical (unpaired) electrons. The van der Waals surface area contributed by atoms with Crippen molar-refractivity contribution in [1.29, 1.82) is 0 Å². The number of carboxylic acids is 1. The lowest BCUT2D eigenvalue weighted by Gasteiger charge is -2.35. The molecule has 0 fully saturated rings. The maximum atomic E-state index is 13.4. The first kappa shape index (κ1) is 35.9. The molecule has 41 heavy (non-hydrogen) atoms. The Morgan fingerprint density at radius 1 is 1.12 bits per heavy atom. The van der Waals surface area contributed by atoms with Crippen molar-refractivity contribution in [2.75, 3.05) is 31.6 Å². The molecule has 0 saturated heterocycles. The number of amides is 1. The summed E-state index contributed by atoms with van der Waals surface area (Å²) in [4.78, 5) is 27.8. The number of anilines is 1. The molecule has 10 nitrogen and oxygen atoms in total. The topological polar surface area (TPSA) is 138 Å². The number of ether oxygens (including phenoxy) is 1. The molecule has 0 spiro atoms. The Kier molecular flexibility index (Phi) is 13.8. The van der Waals surface area contributed by atoms with Crippen molar-refractivity contribution >= 4 is 39.2 Å². The fraction of sp³-hybridized carbons (Fsp3) is 0.500. The number of rotatable bonds is 13. The number of carbonyl (C=O) groups excluding carboxylic acids is 1. The summed E-state index contributed by atoms with van der Waals surface area (Å²) in [5.41, 5.74) is 1.27. The standard InChI is InChI=1S/C24H35ClN4O4S.C2HF3O2/c1-6-9-28-34(31,32)24(4,5)17-29(18(2)3)23(30)19-14-20(25)16-22(15-19)33-13-12-27-21-7-10-26-11-8-21;3-2(4,5)1(6)7/h7-8,10-11,14-16,18,28H,6,9,12-13,17H2,1-5H3,(H,26,27);(H,6,7). The molecule has 0 aliphatic heterocycles. The summed E-state index contributed by atoms with van der Waals surface area (Å²) < 4.78 is 64.5. The highest BCUT2D eigenvalue weighted by molar-refractivity contribution is 7.90. The van der Waals surface area contributed by atoms with Crippen LogP contribution in [0, 0.1) is 0 Å². The van der Waals surface area contributed by atoms with Crippen molar-refractivity contribution in [1.82, 2.24) is 14.6 Å². The van der Waals surface area contributed by atoms with E-state index in [1.54, 1.807) is 49.3 Å². The minimum absolute atomic E-state index is 0.0289. The highest BCUT2D eigenvalue weighted by atomic mass is 35.5. The van der Waals surface area contributed by atoms with Crippen molar-refractivity contribution in [3.8, 4) is 5.75 Å². The van der Waals surface area contributed by atoms with E-state index in [0.29, 0.717) is 42.5 Å². The van der Waals surface area contributed by atoms with E-state index in [1.807, 2.05) is 32.9 Å². The van der Waals surface area contributed by atoms with Gasteiger partial charge in [0.05, 0.1) is 4.75 Å². The second kappa shape index (κ2) is 15.8. The number of carbonyl (C=O) groups is 2.